The average Bonchev–Trinajstić information content (AvgIpc) is 2.53. The molecule has 5 nitrogen and oxygen atoms in total. The Balaban J connectivity index is 1.92. The average molecular weight is 313 g/mol. The Bertz CT molecular complexity index is 629. The molecule has 1 aromatic carbocycles. The molecule has 1 aromatic heterocycles. The second-order valence-electron chi connectivity index (χ2n) is 5.75. The summed E-state index contributed by atoms with van der Waals surface area (Å²) in [5.41, 5.74) is 1.52. The highest BCUT2D eigenvalue weighted by atomic mass is 16.3. The maximum absolute atomic E-state index is 12.3. The smallest absolute Gasteiger partial charge is 0.255 e. The van der Waals surface area contributed by atoms with Crippen LogP contribution in [0.4, 0.5) is 5.82 Å². The van der Waals surface area contributed by atoms with Gasteiger partial charge in [-0.2, -0.15) is 0 Å². The molecule has 0 bridgehead atoms. The van der Waals surface area contributed by atoms with Gasteiger partial charge in [0, 0.05) is 25.2 Å². The van der Waals surface area contributed by atoms with E-state index < -0.39 is 6.10 Å². The van der Waals surface area contributed by atoms with Gasteiger partial charge in [-0.3, -0.25) is 4.79 Å². The number of nitrogens with zero attached hydrogens (tertiary/aromatic N) is 1. The van der Waals surface area contributed by atoms with Gasteiger partial charge >= 0.3 is 0 Å². The lowest BCUT2D eigenvalue weighted by Crippen LogP contribution is -2.34. The number of aliphatic hydroxyl groups is 1. The molecular formula is C18H23N3O2. The summed E-state index contributed by atoms with van der Waals surface area (Å²) in [5.74, 6) is 0.311. The molecule has 0 spiro atoms. The van der Waals surface area contributed by atoms with E-state index in [4.69, 9.17) is 0 Å². The Morgan fingerprint density at radius 3 is 2.61 bits per heavy atom. The second kappa shape index (κ2) is 8.29. The first-order valence-electron chi connectivity index (χ1n) is 7.78. The van der Waals surface area contributed by atoms with E-state index in [1.54, 1.807) is 18.3 Å². The summed E-state index contributed by atoms with van der Waals surface area (Å²) in [7, 11) is 0. The summed E-state index contributed by atoms with van der Waals surface area (Å²) < 4.78 is 0. The molecule has 0 saturated carbocycles. The van der Waals surface area contributed by atoms with E-state index >= 15 is 0 Å². The van der Waals surface area contributed by atoms with E-state index in [9.17, 15) is 9.90 Å². The first kappa shape index (κ1) is 17.0. The van der Waals surface area contributed by atoms with Crippen molar-refractivity contribution in [3.05, 3.63) is 59.8 Å². The first-order chi connectivity index (χ1) is 11.1. The van der Waals surface area contributed by atoms with Gasteiger partial charge in [0.1, 0.15) is 5.82 Å². The zero-order valence-electron chi connectivity index (χ0n) is 13.5. The topological polar surface area (TPSA) is 74.2 Å². The van der Waals surface area contributed by atoms with E-state index in [-0.39, 0.29) is 18.5 Å². The Hall–Kier alpha value is -2.40. The third kappa shape index (κ3) is 5.38. The maximum atomic E-state index is 12.3. The van der Waals surface area contributed by atoms with Crippen LogP contribution in [0.2, 0.25) is 0 Å². The molecule has 0 fully saturated rings. The molecule has 23 heavy (non-hydrogen) atoms. The van der Waals surface area contributed by atoms with Crippen molar-refractivity contribution in [1.29, 1.82) is 0 Å². The Labute approximate surface area is 136 Å². The lowest BCUT2D eigenvalue weighted by molar-refractivity contribution is 0.0916. The number of rotatable bonds is 7. The van der Waals surface area contributed by atoms with Gasteiger partial charge in [0.25, 0.3) is 5.91 Å². The lowest BCUT2D eigenvalue weighted by Gasteiger charge is -2.15. The minimum Gasteiger partial charge on any atom is -0.391 e. The minimum absolute atomic E-state index is 0.181. The molecule has 1 unspecified atom stereocenters. The van der Waals surface area contributed by atoms with Gasteiger partial charge < -0.3 is 15.7 Å². The van der Waals surface area contributed by atoms with Gasteiger partial charge in [0.2, 0.25) is 0 Å². The zero-order chi connectivity index (χ0) is 16.7. The summed E-state index contributed by atoms with van der Waals surface area (Å²) in [6, 6.07) is 13.3. The number of carbonyl (C=O) groups is 1. The number of carbonyl (C=O) groups excluding carboxylic acids is 1. The molecule has 0 aliphatic carbocycles. The number of aromatic nitrogens is 1. The Morgan fingerprint density at radius 1 is 1.17 bits per heavy atom. The van der Waals surface area contributed by atoms with Gasteiger partial charge in [-0.05, 0) is 31.5 Å². The van der Waals surface area contributed by atoms with E-state index in [1.165, 1.54) is 0 Å². The molecule has 2 aromatic rings. The number of pyridine rings is 1. The highest BCUT2D eigenvalue weighted by Crippen LogP contribution is 2.12. The zero-order valence-corrected chi connectivity index (χ0v) is 13.5. The van der Waals surface area contributed by atoms with Crippen LogP contribution in [-0.4, -0.2) is 34.7 Å². The molecule has 0 aliphatic heterocycles. The predicted octanol–water partition coefficient (Wildman–Crippen LogP) is 2.24. The standard InChI is InChI=1S/C18H23N3O2/c1-13(2)21-17-16(9-6-10-19-17)18(23)20-12-15(22)11-14-7-4-3-5-8-14/h3-10,13,15,22H,11-12H2,1-2H3,(H,19,21)(H,20,23). The van der Waals surface area contributed by atoms with Crippen LogP contribution in [0.3, 0.4) is 0 Å². The number of hydrogen-bond acceptors (Lipinski definition) is 4. The van der Waals surface area contributed by atoms with Crippen molar-refractivity contribution >= 4 is 11.7 Å². The Kier molecular flexibility index (Phi) is 6.11. The third-order valence-electron chi connectivity index (χ3n) is 3.29. The first-order valence-corrected chi connectivity index (χ1v) is 7.78. The van der Waals surface area contributed by atoms with Crippen molar-refractivity contribution in [2.75, 3.05) is 11.9 Å². The van der Waals surface area contributed by atoms with Crippen LogP contribution >= 0.6 is 0 Å². The number of hydrogen-bond donors (Lipinski definition) is 3. The van der Waals surface area contributed by atoms with E-state index in [0.29, 0.717) is 17.8 Å². The van der Waals surface area contributed by atoms with Crippen LogP contribution in [0.25, 0.3) is 0 Å². The van der Waals surface area contributed by atoms with Crippen molar-refractivity contribution in [1.82, 2.24) is 10.3 Å². The number of benzene rings is 1. The van der Waals surface area contributed by atoms with Gasteiger partial charge in [-0.25, -0.2) is 4.98 Å². The van der Waals surface area contributed by atoms with Crippen molar-refractivity contribution in [2.45, 2.75) is 32.4 Å². The summed E-state index contributed by atoms with van der Waals surface area (Å²) in [5, 5.41) is 16.0. The quantitative estimate of drug-likeness (QED) is 0.733. The molecule has 3 N–H and O–H groups in total. The van der Waals surface area contributed by atoms with Crippen LogP contribution in [0.15, 0.2) is 48.7 Å². The Morgan fingerprint density at radius 2 is 1.91 bits per heavy atom. The maximum Gasteiger partial charge on any atom is 0.255 e. The molecule has 2 rings (SSSR count). The minimum atomic E-state index is -0.625. The van der Waals surface area contributed by atoms with Gasteiger partial charge in [0.05, 0.1) is 11.7 Å². The van der Waals surface area contributed by atoms with Crippen LogP contribution in [-0.2, 0) is 6.42 Å². The predicted molar refractivity (Wildman–Crippen MR) is 91.5 cm³/mol. The van der Waals surface area contributed by atoms with Crippen LogP contribution in [0.5, 0.6) is 0 Å². The molecule has 0 radical (unpaired) electrons. The summed E-state index contributed by atoms with van der Waals surface area (Å²) >= 11 is 0. The molecule has 1 amide bonds. The van der Waals surface area contributed by atoms with Crippen LogP contribution < -0.4 is 10.6 Å². The van der Waals surface area contributed by atoms with Crippen molar-refractivity contribution in [3.63, 3.8) is 0 Å². The monoisotopic (exact) mass is 313 g/mol. The van der Waals surface area contributed by atoms with Gasteiger partial charge in [-0.15, -0.1) is 0 Å². The molecule has 5 heteroatoms. The summed E-state index contributed by atoms with van der Waals surface area (Å²) in [4.78, 5) is 16.5. The number of anilines is 1. The van der Waals surface area contributed by atoms with Gasteiger partial charge in [-0.1, -0.05) is 30.3 Å². The van der Waals surface area contributed by atoms with Crippen LogP contribution in [0.1, 0.15) is 29.8 Å². The number of amides is 1. The van der Waals surface area contributed by atoms with E-state index in [1.807, 2.05) is 44.2 Å². The fraction of sp³-hybridized carbons (Fsp3) is 0.333. The molecular weight excluding hydrogens is 290 g/mol. The molecule has 0 saturated heterocycles. The summed E-state index contributed by atoms with van der Waals surface area (Å²) in [6.07, 6.45) is 1.52. The molecule has 1 atom stereocenters. The number of aliphatic hydroxyl groups excluding tert-OH is 1. The fourth-order valence-electron chi connectivity index (χ4n) is 2.24. The molecule has 1 heterocycles. The van der Waals surface area contributed by atoms with Crippen molar-refractivity contribution < 1.29 is 9.90 Å². The molecule has 122 valence electrons. The van der Waals surface area contributed by atoms with Crippen LogP contribution in [0, 0.1) is 0 Å². The SMILES string of the molecule is CC(C)Nc1ncccc1C(=O)NCC(O)Cc1ccccc1. The lowest BCUT2D eigenvalue weighted by atomic mass is 10.1. The molecule has 0 aliphatic rings. The van der Waals surface area contributed by atoms with Crippen molar-refractivity contribution in [3.8, 4) is 0 Å². The summed E-state index contributed by atoms with van der Waals surface area (Å²) in [6.45, 7) is 4.17. The van der Waals surface area contributed by atoms with E-state index in [0.717, 1.165) is 5.56 Å². The van der Waals surface area contributed by atoms with Gasteiger partial charge in [0.15, 0.2) is 0 Å². The number of nitrogens with one attached hydrogen (secondary N) is 2. The highest BCUT2D eigenvalue weighted by Gasteiger charge is 2.14. The van der Waals surface area contributed by atoms with E-state index in [2.05, 4.69) is 15.6 Å². The third-order valence-corrected chi connectivity index (χ3v) is 3.29. The fourth-order valence-corrected chi connectivity index (χ4v) is 2.24. The normalized spacial score (nSPS) is 12.0. The highest BCUT2D eigenvalue weighted by molar-refractivity contribution is 5.98. The second-order valence-corrected chi connectivity index (χ2v) is 5.75. The van der Waals surface area contributed by atoms with Crippen molar-refractivity contribution in [2.24, 2.45) is 0 Å². The largest absolute Gasteiger partial charge is 0.391 e.